The van der Waals surface area contributed by atoms with Gasteiger partial charge in [0.2, 0.25) is 0 Å². The van der Waals surface area contributed by atoms with E-state index in [0.29, 0.717) is 17.7 Å². The second kappa shape index (κ2) is 5.08. The molecule has 0 aromatic heterocycles. The molecular formula is C14H29N3O. The number of hydrogen-bond acceptors (Lipinski definition) is 3. The van der Waals surface area contributed by atoms with Gasteiger partial charge in [-0.1, -0.05) is 25.9 Å². The lowest BCUT2D eigenvalue weighted by atomic mass is 9.81. The van der Waals surface area contributed by atoms with Crippen LogP contribution in [-0.2, 0) is 0 Å². The minimum Gasteiger partial charge on any atom is -0.409 e. The van der Waals surface area contributed by atoms with E-state index < -0.39 is 0 Å². The maximum absolute atomic E-state index is 8.65. The molecule has 18 heavy (non-hydrogen) atoms. The summed E-state index contributed by atoms with van der Waals surface area (Å²) >= 11 is 0. The fourth-order valence-electron chi connectivity index (χ4n) is 2.83. The molecule has 4 heteroatoms. The van der Waals surface area contributed by atoms with E-state index in [1.807, 2.05) is 0 Å². The number of hydrogen-bond donors (Lipinski definition) is 3. The van der Waals surface area contributed by atoms with Gasteiger partial charge in [0.05, 0.1) is 0 Å². The van der Waals surface area contributed by atoms with E-state index in [9.17, 15) is 0 Å². The molecule has 1 rings (SSSR count). The quantitative estimate of drug-likeness (QED) is 0.296. The molecule has 4 N–H and O–H groups in total. The molecule has 1 aliphatic carbocycles. The lowest BCUT2D eigenvalue weighted by molar-refractivity contribution is 0.229. The second-order valence-corrected chi connectivity index (χ2v) is 7.74. The highest BCUT2D eigenvalue weighted by molar-refractivity contribution is 5.80. The summed E-state index contributed by atoms with van der Waals surface area (Å²) in [5, 5.41) is 15.4. The third-order valence-corrected chi connectivity index (χ3v) is 3.56. The number of rotatable bonds is 6. The topological polar surface area (TPSA) is 70.6 Å². The Labute approximate surface area is 111 Å². The third-order valence-electron chi connectivity index (χ3n) is 3.56. The minimum atomic E-state index is 0.124. The zero-order valence-electron chi connectivity index (χ0n) is 12.5. The summed E-state index contributed by atoms with van der Waals surface area (Å²) in [6.07, 6.45) is 4.16. The van der Waals surface area contributed by atoms with E-state index in [0.717, 1.165) is 13.0 Å². The first-order valence-corrected chi connectivity index (χ1v) is 6.79. The standard InChI is InChI=1S/C14H29N3O/c1-12(2,3)9-13(4,5)16-10-14(6-7-14)8-11(15)17-18/h16,18H,6-10H2,1-5H3,(H2,15,17). The van der Waals surface area contributed by atoms with Crippen LogP contribution in [0.1, 0.15) is 60.3 Å². The van der Waals surface area contributed by atoms with Crippen LogP contribution in [0, 0.1) is 10.8 Å². The van der Waals surface area contributed by atoms with Gasteiger partial charge in [-0.3, -0.25) is 0 Å². The average Bonchev–Trinajstić information content (AvgIpc) is 2.92. The molecule has 0 heterocycles. The molecule has 106 valence electrons. The summed E-state index contributed by atoms with van der Waals surface area (Å²) in [5.74, 6) is 0.350. The molecule has 1 fully saturated rings. The zero-order chi connectivity index (χ0) is 14.0. The van der Waals surface area contributed by atoms with Gasteiger partial charge in [-0.2, -0.15) is 0 Å². The maximum Gasteiger partial charge on any atom is 0.139 e. The summed E-state index contributed by atoms with van der Waals surface area (Å²) in [6.45, 7) is 12.2. The zero-order valence-corrected chi connectivity index (χ0v) is 12.5. The van der Waals surface area contributed by atoms with Crippen molar-refractivity contribution < 1.29 is 5.21 Å². The summed E-state index contributed by atoms with van der Waals surface area (Å²) in [5.41, 5.74) is 6.28. The first kappa shape index (κ1) is 15.3. The normalized spacial score (nSPS) is 19.9. The van der Waals surface area contributed by atoms with Crippen molar-refractivity contribution in [2.24, 2.45) is 21.7 Å². The Kier molecular flexibility index (Phi) is 4.31. The van der Waals surface area contributed by atoms with E-state index >= 15 is 0 Å². The van der Waals surface area contributed by atoms with Gasteiger partial charge < -0.3 is 16.3 Å². The van der Waals surface area contributed by atoms with Crippen molar-refractivity contribution in [3.05, 3.63) is 0 Å². The van der Waals surface area contributed by atoms with Crippen LogP contribution in [0.3, 0.4) is 0 Å². The predicted octanol–water partition coefficient (Wildman–Crippen LogP) is 2.71. The molecule has 0 spiro atoms. The van der Waals surface area contributed by atoms with Crippen molar-refractivity contribution in [1.29, 1.82) is 0 Å². The highest BCUT2D eigenvalue weighted by Gasteiger charge is 2.44. The molecule has 0 amide bonds. The lowest BCUT2D eigenvalue weighted by Gasteiger charge is -2.35. The highest BCUT2D eigenvalue weighted by Crippen LogP contribution is 2.48. The van der Waals surface area contributed by atoms with E-state index in [1.165, 1.54) is 12.8 Å². The van der Waals surface area contributed by atoms with E-state index in [2.05, 4.69) is 45.1 Å². The van der Waals surface area contributed by atoms with Gasteiger partial charge in [-0.25, -0.2) is 0 Å². The Hall–Kier alpha value is -0.770. The van der Waals surface area contributed by atoms with Gasteiger partial charge in [0.15, 0.2) is 0 Å². The van der Waals surface area contributed by atoms with Gasteiger partial charge in [-0.05, 0) is 43.9 Å². The third kappa shape index (κ3) is 5.25. The van der Waals surface area contributed by atoms with Gasteiger partial charge in [0, 0.05) is 18.5 Å². The van der Waals surface area contributed by atoms with E-state index in [-0.39, 0.29) is 11.0 Å². The Morgan fingerprint density at radius 3 is 2.22 bits per heavy atom. The van der Waals surface area contributed by atoms with Gasteiger partial charge >= 0.3 is 0 Å². The van der Waals surface area contributed by atoms with Crippen LogP contribution in [0.2, 0.25) is 0 Å². The van der Waals surface area contributed by atoms with Gasteiger partial charge in [-0.15, -0.1) is 0 Å². The SMILES string of the molecule is CC(C)(C)CC(C)(C)NCC1(CC(N)=NO)CC1. The molecular weight excluding hydrogens is 226 g/mol. The molecule has 1 saturated carbocycles. The van der Waals surface area contributed by atoms with Crippen LogP contribution in [0.25, 0.3) is 0 Å². The van der Waals surface area contributed by atoms with Crippen LogP contribution in [0.15, 0.2) is 5.16 Å². The highest BCUT2D eigenvalue weighted by atomic mass is 16.4. The van der Waals surface area contributed by atoms with Crippen molar-refractivity contribution >= 4 is 5.84 Å². The lowest BCUT2D eigenvalue weighted by Crippen LogP contribution is -2.45. The molecule has 0 aliphatic heterocycles. The molecule has 0 aromatic rings. The van der Waals surface area contributed by atoms with Crippen LogP contribution in [-0.4, -0.2) is 23.1 Å². The number of nitrogens with two attached hydrogens (primary N) is 1. The monoisotopic (exact) mass is 255 g/mol. The fraction of sp³-hybridized carbons (Fsp3) is 0.929. The number of nitrogens with zero attached hydrogens (tertiary/aromatic N) is 1. The molecule has 0 atom stereocenters. The van der Waals surface area contributed by atoms with E-state index in [1.54, 1.807) is 0 Å². The van der Waals surface area contributed by atoms with Crippen molar-refractivity contribution in [1.82, 2.24) is 5.32 Å². The van der Waals surface area contributed by atoms with E-state index in [4.69, 9.17) is 10.9 Å². The maximum atomic E-state index is 8.65. The van der Waals surface area contributed by atoms with Gasteiger partial charge in [0.25, 0.3) is 0 Å². The fourth-order valence-corrected chi connectivity index (χ4v) is 2.83. The van der Waals surface area contributed by atoms with Crippen molar-refractivity contribution in [2.75, 3.05) is 6.54 Å². The first-order valence-electron chi connectivity index (χ1n) is 6.79. The largest absolute Gasteiger partial charge is 0.409 e. The smallest absolute Gasteiger partial charge is 0.139 e. The van der Waals surface area contributed by atoms with Crippen LogP contribution in [0.5, 0.6) is 0 Å². The second-order valence-electron chi connectivity index (χ2n) is 7.74. The summed E-state index contributed by atoms with van der Waals surface area (Å²) in [6, 6.07) is 0. The number of amidine groups is 1. The Morgan fingerprint density at radius 1 is 1.28 bits per heavy atom. The Bertz CT molecular complexity index is 311. The Balaban J connectivity index is 2.45. The van der Waals surface area contributed by atoms with Crippen molar-refractivity contribution in [2.45, 2.75) is 65.8 Å². The molecule has 4 nitrogen and oxygen atoms in total. The van der Waals surface area contributed by atoms with Crippen LogP contribution < -0.4 is 11.1 Å². The predicted molar refractivity (Wildman–Crippen MR) is 75.8 cm³/mol. The average molecular weight is 255 g/mol. The minimum absolute atomic E-state index is 0.124. The Morgan fingerprint density at radius 2 is 1.83 bits per heavy atom. The summed E-state index contributed by atoms with van der Waals surface area (Å²) < 4.78 is 0. The van der Waals surface area contributed by atoms with Crippen molar-refractivity contribution in [3.63, 3.8) is 0 Å². The molecule has 0 aromatic carbocycles. The summed E-state index contributed by atoms with van der Waals surface area (Å²) in [7, 11) is 0. The van der Waals surface area contributed by atoms with Crippen molar-refractivity contribution in [3.8, 4) is 0 Å². The summed E-state index contributed by atoms with van der Waals surface area (Å²) in [4.78, 5) is 0. The molecule has 0 unspecified atom stereocenters. The number of oxime groups is 1. The molecule has 0 bridgehead atoms. The first-order chi connectivity index (χ1) is 8.08. The van der Waals surface area contributed by atoms with Gasteiger partial charge in [0.1, 0.15) is 5.84 Å². The van der Waals surface area contributed by atoms with Crippen LogP contribution >= 0.6 is 0 Å². The molecule has 1 aliphatic rings. The number of nitrogens with one attached hydrogen (secondary N) is 1. The molecule has 0 saturated heterocycles. The molecule has 0 radical (unpaired) electrons. The van der Waals surface area contributed by atoms with Crippen LogP contribution in [0.4, 0.5) is 0 Å².